The third kappa shape index (κ3) is 7.26. The summed E-state index contributed by atoms with van der Waals surface area (Å²) in [6, 6.07) is 4.96. The number of hydrogen-bond donors (Lipinski definition) is 2. The monoisotopic (exact) mass is 664 g/mol. The van der Waals surface area contributed by atoms with Crippen molar-refractivity contribution in [3.63, 3.8) is 0 Å². The van der Waals surface area contributed by atoms with E-state index in [1.807, 2.05) is 11.8 Å². The van der Waals surface area contributed by atoms with Crippen LogP contribution < -0.4 is 20.6 Å². The molecule has 0 radical (unpaired) electrons. The van der Waals surface area contributed by atoms with Gasteiger partial charge >= 0.3 is 5.69 Å². The summed E-state index contributed by atoms with van der Waals surface area (Å²) in [4.78, 5) is 38.7. The first-order valence-electron chi connectivity index (χ1n) is 16.1. The van der Waals surface area contributed by atoms with E-state index in [9.17, 15) is 14.7 Å². The number of benzene rings is 1. The number of rotatable bonds is 8. The molecule has 0 spiro atoms. The molecule has 4 heterocycles. The lowest BCUT2D eigenvalue weighted by Gasteiger charge is -2.40. The number of piperazine rings is 1. The quantitative estimate of drug-likeness (QED) is 0.343. The molecule has 1 amide bonds. The smallest absolute Gasteiger partial charge is 0.355 e. The van der Waals surface area contributed by atoms with Gasteiger partial charge in [-0.05, 0) is 63.2 Å². The molecule has 0 saturated carbocycles. The molecule has 11 nitrogen and oxygen atoms in total. The summed E-state index contributed by atoms with van der Waals surface area (Å²) in [6.07, 6.45) is 3.30. The van der Waals surface area contributed by atoms with E-state index < -0.39 is 29.5 Å². The highest BCUT2D eigenvalue weighted by molar-refractivity contribution is 5.91. The first-order chi connectivity index (χ1) is 22.9. The van der Waals surface area contributed by atoms with Crippen LogP contribution >= 0.6 is 0 Å². The van der Waals surface area contributed by atoms with Gasteiger partial charge in [0, 0.05) is 44.0 Å². The topological polar surface area (TPSA) is 122 Å². The maximum atomic E-state index is 16.2. The lowest BCUT2D eigenvalue weighted by molar-refractivity contribution is -0.126. The molecule has 1 aromatic carbocycles. The minimum Gasteiger partial charge on any atom is -0.490 e. The minimum absolute atomic E-state index is 0.00893. The Labute approximate surface area is 278 Å². The van der Waals surface area contributed by atoms with Crippen LogP contribution in [0.2, 0.25) is 0 Å². The van der Waals surface area contributed by atoms with Gasteiger partial charge in [-0.3, -0.25) is 9.36 Å². The van der Waals surface area contributed by atoms with Crippen molar-refractivity contribution in [1.29, 1.82) is 0 Å². The highest BCUT2D eigenvalue weighted by Crippen LogP contribution is 2.37. The zero-order chi connectivity index (χ0) is 34.7. The second-order valence-corrected chi connectivity index (χ2v) is 12.7. The summed E-state index contributed by atoms with van der Waals surface area (Å²) in [5, 5.41) is 15.1. The number of aliphatic hydroxyl groups is 1. The van der Waals surface area contributed by atoms with Crippen molar-refractivity contribution in [3.05, 3.63) is 76.9 Å². The number of carbonyl (C=O) groups excluding carboxylic acids is 1. The summed E-state index contributed by atoms with van der Waals surface area (Å²) >= 11 is 0. The summed E-state index contributed by atoms with van der Waals surface area (Å²) in [5.41, 5.74) is -1.10. The SMILES string of the molecule is C=CC(=O)N1CCN(c2nc(=O)n3c4nc(c(F)cc24)-c2c(F)cccc2OCC(OC(C)C)C(O)C(/C=C\NCC(C)C)=C\3)[C@@H](C)C1. The number of aromatic nitrogens is 3. The minimum atomic E-state index is -1.32. The number of carbonyl (C=O) groups is 1. The van der Waals surface area contributed by atoms with Crippen LogP contribution in [0.25, 0.3) is 28.5 Å². The van der Waals surface area contributed by atoms with Gasteiger partial charge in [0.15, 0.2) is 11.5 Å². The Hall–Kier alpha value is -4.62. The number of fused-ring (bicyclic) bond motifs is 3. The molecule has 2 unspecified atom stereocenters. The average Bonchev–Trinajstić information content (AvgIpc) is 3.04. The first-order valence-corrected chi connectivity index (χ1v) is 16.1. The van der Waals surface area contributed by atoms with Crippen LogP contribution in [0.5, 0.6) is 5.75 Å². The van der Waals surface area contributed by atoms with Crippen LogP contribution in [0.4, 0.5) is 14.6 Å². The van der Waals surface area contributed by atoms with Gasteiger partial charge in [-0.2, -0.15) is 4.98 Å². The van der Waals surface area contributed by atoms with Gasteiger partial charge in [-0.1, -0.05) is 26.5 Å². The standard InChI is InChI=1S/C35H42F2N6O5/c1-7-29(44)41-13-14-42(22(6)17-41)34-24-15-26(37)31-30-25(36)9-8-10-27(30)47-19-28(48-21(4)5)32(45)23(11-12-38-16-20(2)3)18-43(33(24)39-31)35(46)40-34/h7-12,15,18,20-22,28,32,38,45H,1,13-14,16-17,19H2,2-6H3/b12-11-,23-18-/t22-,28?,32?/m0/s1. The maximum Gasteiger partial charge on any atom is 0.355 e. The third-order valence-corrected chi connectivity index (χ3v) is 8.17. The predicted octanol–water partition coefficient (Wildman–Crippen LogP) is 4.11. The Morgan fingerprint density at radius 1 is 1.21 bits per heavy atom. The van der Waals surface area contributed by atoms with E-state index in [1.54, 1.807) is 31.0 Å². The van der Waals surface area contributed by atoms with E-state index in [0.29, 0.717) is 32.1 Å². The number of nitrogens with one attached hydrogen (secondary N) is 1. The van der Waals surface area contributed by atoms with E-state index in [2.05, 4.69) is 35.7 Å². The molecule has 2 aromatic heterocycles. The van der Waals surface area contributed by atoms with Gasteiger partial charge < -0.3 is 29.7 Å². The molecule has 256 valence electrons. The van der Waals surface area contributed by atoms with E-state index in [4.69, 9.17) is 9.47 Å². The van der Waals surface area contributed by atoms with Crippen molar-refractivity contribution in [2.24, 2.45) is 5.92 Å². The lowest BCUT2D eigenvalue weighted by atomic mass is 10.0. The fourth-order valence-corrected chi connectivity index (χ4v) is 5.86. The fourth-order valence-electron chi connectivity index (χ4n) is 5.86. The van der Waals surface area contributed by atoms with Gasteiger partial charge in [-0.15, -0.1) is 0 Å². The van der Waals surface area contributed by atoms with Crippen molar-refractivity contribution in [2.75, 3.05) is 37.7 Å². The van der Waals surface area contributed by atoms with Gasteiger partial charge in [0.25, 0.3) is 0 Å². The molecule has 0 aliphatic carbocycles. The fraction of sp³-hybridized carbons (Fsp3) is 0.429. The molecule has 1 saturated heterocycles. The lowest BCUT2D eigenvalue weighted by Crippen LogP contribution is -2.54. The van der Waals surface area contributed by atoms with Crippen molar-refractivity contribution in [2.45, 2.75) is 59.0 Å². The molecule has 2 aliphatic heterocycles. The van der Waals surface area contributed by atoms with Gasteiger partial charge in [-0.25, -0.2) is 18.6 Å². The van der Waals surface area contributed by atoms with Gasteiger partial charge in [0.2, 0.25) is 5.91 Å². The Balaban J connectivity index is 1.77. The maximum absolute atomic E-state index is 16.2. The van der Waals surface area contributed by atoms with E-state index in [1.165, 1.54) is 36.5 Å². The van der Waals surface area contributed by atoms with Crippen molar-refractivity contribution in [3.8, 4) is 17.0 Å². The number of halogens is 2. The Morgan fingerprint density at radius 2 is 1.98 bits per heavy atom. The first kappa shape index (κ1) is 34.7. The molecule has 3 aromatic rings. The average molecular weight is 665 g/mol. The van der Waals surface area contributed by atoms with Gasteiger partial charge in [0.05, 0.1) is 17.1 Å². The van der Waals surface area contributed by atoms with E-state index in [-0.39, 0.29) is 64.1 Å². The number of aliphatic hydroxyl groups excluding tert-OH is 1. The summed E-state index contributed by atoms with van der Waals surface area (Å²) in [7, 11) is 0. The molecular formula is C35H42F2N6O5. The molecule has 5 rings (SSSR count). The largest absolute Gasteiger partial charge is 0.490 e. The van der Waals surface area contributed by atoms with Crippen LogP contribution in [0, 0.1) is 17.6 Å². The Bertz CT molecular complexity index is 1810. The van der Waals surface area contributed by atoms with Crippen LogP contribution in [-0.4, -0.2) is 87.6 Å². The zero-order valence-corrected chi connectivity index (χ0v) is 27.8. The number of ether oxygens (including phenoxy) is 2. The second kappa shape index (κ2) is 14.7. The number of amides is 1. The Kier molecular flexibility index (Phi) is 10.6. The third-order valence-electron chi connectivity index (χ3n) is 8.17. The van der Waals surface area contributed by atoms with Crippen molar-refractivity contribution >= 4 is 29.0 Å². The second-order valence-electron chi connectivity index (χ2n) is 12.7. The summed E-state index contributed by atoms with van der Waals surface area (Å²) in [6.45, 7) is 14.5. The molecular weight excluding hydrogens is 622 g/mol. The van der Waals surface area contributed by atoms with Crippen LogP contribution in [0.1, 0.15) is 34.6 Å². The summed E-state index contributed by atoms with van der Waals surface area (Å²) < 4.78 is 44.9. The molecule has 2 aliphatic rings. The molecule has 1 fully saturated rings. The number of anilines is 1. The molecule has 3 atom stereocenters. The summed E-state index contributed by atoms with van der Waals surface area (Å²) in [5.74, 6) is -1.35. The molecule has 13 heteroatoms. The van der Waals surface area contributed by atoms with E-state index in [0.717, 1.165) is 4.57 Å². The molecule has 2 bridgehead atoms. The zero-order valence-electron chi connectivity index (χ0n) is 27.8. The number of pyridine rings is 1. The van der Waals surface area contributed by atoms with Crippen molar-refractivity contribution < 1.29 is 28.2 Å². The highest BCUT2D eigenvalue weighted by Gasteiger charge is 2.32. The highest BCUT2D eigenvalue weighted by atomic mass is 19.1. The van der Waals surface area contributed by atoms with Crippen LogP contribution in [-0.2, 0) is 9.53 Å². The van der Waals surface area contributed by atoms with E-state index >= 15 is 8.78 Å². The predicted molar refractivity (Wildman–Crippen MR) is 180 cm³/mol. The van der Waals surface area contributed by atoms with Gasteiger partial charge in [0.1, 0.15) is 41.9 Å². The number of hydrogen-bond acceptors (Lipinski definition) is 9. The molecule has 2 N–H and O–H groups in total. The number of nitrogens with zero attached hydrogens (tertiary/aromatic N) is 5. The Morgan fingerprint density at radius 3 is 2.67 bits per heavy atom. The van der Waals surface area contributed by atoms with Crippen molar-refractivity contribution in [1.82, 2.24) is 24.8 Å². The normalized spacial score (nSPS) is 21.1. The van der Waals surface area contributed by atoms with Crippen LogP contribution in [0.3, 0.4) is 0 Å². The molecule has 48 heavy (non-hydrogen) atoms. The van der Waals surface area contributed by atoms with Crippen LogP contribution in [0.15, 0.2) is 59.6 Å².